The van der Waals surface area contributed by atoms with Crippen LogP contribution < -0.4 is 10.1 Å². The molecule has 3 heterocycles. The van der Waals surface area contributed by atoms with Gasteiger partial charge >= 0.3 is 0 Å². The number of pyridine rings is 1. The van der Waals surface area contributed by atoms with Crippen LogP contribution in [-0.2, 0) is 14.8 Å². The minimum atomic E-state index is -3.73. The van der Waals surface area contributed by atoms with Crippen LogP contribution in [0, 0.1) is 0 Å². The van der Waals surface area contributed by atoms with Crippen LogP contribution in [0.5, 0.6) is 5.75 Å². The van der Waals surface area contributed by atoms with Gasteiger partial charge in [0.15, 0.2) is 0 Å². The molecule has 0 spiro atoms. The van der Waals surface area contributed by atoms with Crippen LogP contribution in [0.4, 0.5) is 0 Å². The fraction of sp³-hybridized carbons (Fsp3) is 0.412. The second-order valence-electron chi connectivity index (χ2n) is 6.47. The second-order valence-corrected chi connectivity index (χ2v) is 9.53. The number of aromatic nitrogens is 1. The van der Waals surface area contributed by atoms with E-state index in [4.69, 9.17) is 4.74 Å². The molecule has 1 saturated carbocycles. The average molecular weight is 393 g/mol. The molecule has 1 aliphatic carbocycles. The summed E-state index contributed by atoms with van der Waals surface area (Å²) >= 11 is 1.15. The van der Waals surface area contributed by atoms with E-state index in [1.807, 2.05) is 0 Å². The summed E-state index contributed by atoms with van der Waals surface area (Å²) in [6, 6.07) is 6.18. The molecule has 1 amide bonds. The molecule has 2 aromatic rings. The summed E-state index contributed by atoms with van der Waals surface area (Å²) in [5, 5.41) is 4.63. The average Bonchev–Trinajstić information content (AvgIpc) is 3.12. The SMILES string of the molecule is O=C(NC1CC1)[C@@H]1C[C@H](Oc2cccnc2)CN1S(=O)(=O)c1cccs1. The predicted octanol–water partition coefficient (Wildman–Crippen LogP) is 1.63. The number of nitrogens with zero attached hydrogens (tertiary/aromatic N) is 2. The number of amides is 1. The van der Waals surface area contributed by atoms with Crippen LogP contribution in [0.1, 0.15) is 19.3 Å². The highest BCUT2D eigenvalue weighted by molar-refractivity contribution is 7.91. The number of carbonyl (C=O) groups is 1. The molecule has 1 saturated heterocycles. The second kappa shape index (κ2) is 6.98. The van der Waals surface area contributed by atoms with E-state index < -0.39 is 22.2 Å². The van der Waals surface area contributed by atoms with Gasteiger partial charge < -0.3 is 10.1 Å². The molecule has 2 fully saturated rings. The van der Waals surface area contributed by atoms with Crippen molar-refractivity contribution in [3.8, 4) is 5.75 Å². The Kier molecular flexibility index (Phi) is 4.68. The van der Waals surface area contributed by atoms with Crippen LogP contribution in [0.15, 0.2) is 46.2 Å². The van der Waals surface area contributed by atoms with Crippen molar-refractivity contribution in [1.82, 2.24) is 14.6 Å². The third kappa shape index (κ3) is 3.60. The lowest BCUT2D eigenvalue weighted by Gasteiger charge is -2.22. The molecule has 0 bridgehead atoms. The molecular formula is C17H19N3O4S2. The molecule has 4 rings (SSSR count). The summed E-state index contributed by atoms with van der Waals surface area (Å²) in [4.78, 5) is 16.6. The van der Waals surface area contributed by atoms with Crippen molar-refractivity contribution < 1.29 is 17.9 Å². The van der Waals surface area contributed by atoms with Crippen LogP contribution in [0.3, 0.4) is 0 Å². The molecule has 1 N–H and O–H groups in total. The molecule has 2 atom stereocenters. The summed E-state index contributed by atoms with van der Waals surface area (Å²) in [6.45, 7) is 0.137. The van der Waals surface area contributed by atoms with Crippen LogP contribution in [-0.4, -0.2) is 48.3 Å². The van der Waals surface area contributed by atoms with Crippen molar-refractivity contribution in [1.29, 1.82) is 0 Å². The van der Waals surface area contributed by atoms with Crippen molar-refractivity contribution in [3.63, 3.8) is 0 Å². The minimum absolute atomic E-state index is 0.137. The summed E-state index contributed by atoms with van der Waals surface area (Å²) in [5.74, 6) is 0.319. The zero-order chi connectivity index (χ0) is 18.1. The lowest BCUT2D eigenvalue weighted by molar-refractivity contribution is -0.124. The number of ether oxygens (including phenoxy) is 1. The first-order valence-electron chi connectivity index (χ1n) is 8.46. The molecule has 0 radical (unpaired) electrons. The van der Waals surface area contributed by atoms with E-state index in [0.717, 1.165) is 24.2 Å². The van der Waals surface area contributed by atoms with Gasteiger partial charge in [0.25, 0.3) is 10.0 Å². The van der Waals surface area contributed by atoms with E-state index in [-0.39, 0.29) is 22.7 Å². The fourth-order valence-electron chi connectivity index (χ4n) is 3.02. The standard InChI is InChI=1S/C17H19N3O4S2/c21-17(19-12-5-6-12)15-9-14(24-13-3-1-7-18-10-13)11-20(15)26(22,23)16-4-2-8-25-16/h1-4,7-8,10,12,14-15H,5-6,9,11H2,(H,19,21)/t14-,15-/m0/s1. The Bertz CT molecular complexity index is 867. The molecule has 7 nitrogen and oxygen atoms in total. The van der Waals surface area contributed by atoms with Crippen LogP contribution in [0.25, 0.3) is 0 Å². The first-order valence-corrected chi connectivity index (χ1v) is 10.8. The number of thiophene rings is 1. The topological polar surface area (TPSA) is 88.6 Å². The first-order chi connectivity index (χ1) is 12.5. The number of nitrogens with one attached hydrogen (secondary N) is 1. The van der Waals surface area contributed by atoms with Gasteiger partial charge in [-0.25, -0.2) is 8.42 Å². The van der Waals surface area contributed by atoms with Crippen molar-refractivity contribution in [3.05, 3.63) is 42.0 Å². The Balaban J connectivity index is 1.57. The van der Waals surface area contributed by atoms with Crippen molar-refractivity contribution >= 4 is 27.3 Å². The number of hydrogen-bond donors (Lipinski definition) is 1. The molecule has 1 aliphatic heterocycles. The van der Waals surface area contributed by atoms with E-state index in [1.165, 1.54) is 4.31 Å². The third-order valence-corrected chi connectivity index (χ3v) is 7.69. The van der Waals surface area contributed by atoms with E-state index in [2.05, 4.69) is 10.3 Å². The largest absolute Gasteiger partial charge is 0.487 e. The van der Waals surface area contributed by atoms with Crippen molar-refractivity contribution in [2.75, 3.05) is 6.54 Å². The Labute approximate surface area is 156 Å². The van der Waals surface area contributed by atoms with Crippen LogP contribution in [0.2, 0.25) is 0 Å². The number of sulfonamides is 1. The number of carbonyl (C=O) groups excluding carboxylic acids is 1. The molecular weight excluding hydrogens is 374 g/mol. The molecule has 9 heteroatoms. The maximum atomic E-state index is 13.0. The summed E-state index contributed by atoms with van der Waals surface area (Å²) < 4.78 is 33.4. The van der Waals surface area contributed by atoms with Gasteiger partial charge in [0.2, 0.25) is 5.91 Å². The summed E-state index contributed by atoms with van der Waals surface area (Å²) in [6.07, 6.45) is 5.04. The quantitative estimate of drug-likeness (QED) is 0.806. The van der Waals surface area contributed by atoms with Crippen molar-refractivity contribution in [2.45, 2.75) is 41.7 Å². The van der Waals surface area contributed by atoms with Crippen LogP contribution >= 0.6 is 11.3 Å². The molecule has 0 aromatic carbocycles. The number of rotatable bonds is 6. The lowest BCUT2D eigenvalue weighted by Crippen LogP contribution is -2.46. The lowest BCUT2D eigenvalue weighted by atomic mass is 10.2. The highest BCUT2D eigenvalue weighted by Crippen LogP contribution is 2.31. The van der Waals surface area contributed by atoms with Gasteiger partial charge in [0.1, 0.15) is 22.1 Å². The van der Waals surface area contributed by atoms with Gasteiger partial charge in [0.05, 0.1) is 12.7 Å². The Morgan fingerprint density at radius 3 is 2.81 bits per heavy atom. The molecule has 138 valence electrons. The molecule has 2 aliphatic rings. The first kappa shape index (κ1) is 17.4. The zero-order valence-corrected chi connectivity index (χ0v) is 15.6. The highest BCUT2D eigenvalue weighted by atomic mass is 32.2. The Morgan fingerprint density at radius 2 is 2.15 bits per heavy atom. The monoisotopic (exact) mass is 393 g/mol. The fourth-order valence-corrected chi connectivity index (χ4v) is 5.77. The maximum absolute atomic E-state index is 13.0. The molecule has 26 heavy (non-hydrogen) atoms. The van der Waals surface area contributed by atoms with Gasteiger partial charge in [-0.3, -0.25) is 9.78 Å². The van der Waals surface area contributed by atoms with Gasteiger partial charge in [-0.05, 0) is 36.4 Å². The molecule has 0 unspecified atom stereocenters. The smallest absolute Gasteiger partial charge is 0.253 e. The Hall–Kier alpha value is -1.97. The van der Waals surface area contributed by atoms with E-state index >= 15 is 0 Å². The maximum Gasteiger partial charge on any atom is 0.253 e. The van der Waals surface area contributed by atoms with Gasteiger partial charge in [0, 0.05) is 18.7 Å². The van der Waals surface area contributed by atoms with E-state index in [0.29, 0.717) is 12.2 Å². The van der Waals surface area contributed by atoms with Gasteiger partial charge in [-0.2, -0.15) is 4.31 Å². The minimum Gasteiger partial charge on any atom is -0.487 e. The van der Waals surface area contributed by atoms with E-state index in [9.17, 15) is 13.2 Å². The van der Waals surface area contributed by atoms with E-state index in [1.54, 1.807) is 42.0 Å². The highest BCUT2D eigenvalue weighted by Gasteiger charge is 2.46. The third-order valence-electron chi connectivity index (χ3n) is 4.44. The Morgan fingerprint density at radius 1 is 1.31 bits per heavy atom. The summed E-state index contributed by atoms with van der Waals surface area (Å²) in [7, 11) is -3.73. The van der Waals surface area contributed by atoms with Gasteiger partial charge in [-0.15, -0.1) is 11.3 Å². The van der Waals surface area contributed by atoms with Crippen molar-refractivity contribution in [2.24, 2.45) is 0 Å². The predicted molar refractivity (Wildman–Crippen MR) is 96.4 cm³/mol. The number of hydrogen-bond acceptors (Lipinski definition) is 6. The summed E-state index contributed by atoms with van der Waals surface area (Å²) in [5.41, 5.74) is 0. The zero-order valence-electron chi connectivity index (χ0n) is 13.9. The van der Waals surface area contributed by atoms with Gasteiger partial charge in [-0.1, -0.05) is 6.07 Å². The normalized spacial score (nSPS) is 23.7. The molecule has 2 aromatic heterocycles.